The van der Waals surface area contributed by atoms with Crippen molar-refractivity contribution in [2.45, 2.75) is 12.5 Å². The van der Waals surface area contributed by atoms with Crippen molar-refractivity contribution < 1.29 is 4.79 Å². The fourth-order valence-corrected chi connectivity index (χ4v) is 3.75. The Morgan fingerprint density at radius 1 is 1.11 bits per heavy atom. The van der Waals surface area contributed by atoms with Crippen LogP contribution in [-0.2, 0) is 0 Å². The number of aromatic amines is 2. The smallest absolute Gasteiger partial charge is 0.252 e. The molecule has 0 saturated carbocycles. The van der Waals surface area contributed by atoms with Crippen molar-refractivity contribution in [2.75, 3.05) is 12.0 Å². The van der Waals surface area contributed by atoms with E-state index in [0.29, 0.717) is 16.5 Å². The Labute approximate surface area is 165 Å². The van der Waals surface area contributed by atoms with E-state index in [2.05, 4.69) is 20.3 Å². The number of hydrogen-bond acceptors (Lipinski definition) is 4. The molecule has 2 aromatic heterocycles. The number of H-pyrrole nitrogens is 2. The van der Waals surface area contributed by atoms with E-state index in [9.17, 15) is 9.59 Å². The highest BCUT2D eigenvalue weighted by Crippen LogP contribution is 2.22. The molecule has 2 heterocycles. The first-order valence-electron chi connectivity index (χ1n) is 9.02. The second-order valence-corrected chi connectivity index (χ2v) is 7.53. The predicted molar refractivity (Wildman–Crippen MR) is 114 cm³/mol. The van der Waals surface area contributed by atoms with Crippen molar-refractivity contribution in [3.63, 3.8) is 0 Å². The molecule has 0 aliphatic heterocycles. The van der Waals surface area contributed by atoms with E-state index >= 15 is 0 Å². The molecule has 0 aliphatic carbocycles. The third-order valence-electron chi connectivity index (χ3n) is 4.65. The number of imidazole rings is 1. The summed E-state index contributed by atoms with van der Waals surface area (Å²) in [5, 5.41) is 3.78. The normalized spacial score (nSPS) is 12.3. The lowest BCUT2D eigenvalue weighted by atomic mass is 10.1. The van der Waals surface area contributed by atoms with Crippen molar-refractivity contribution >= 4 is 39.6 Å². The number of amides is 1. The molecule has 28 heavy (non-hydrogen) atoms. The summed E-state index contributed by atoms with van der Waals surface area (Å²) in [5.74, 6) is 1.31. The van der Waals surface area contributed by atoms with Crippen molar-refractivity contribution in [1.82, 2.24) is 20.3 Å². The Hall–Kier alpha value is -3.06. The Morgan fingerprint density at radius 2 is 1.86 bits per heavy atom. The Balaban J connectivity index is 1.69. The summed E-state index contributed by atoms with van der Waals surface area (Å²) < 4.78 is 0. The van der Waals surface area contributed by atoms with Crippen LogP contribution in [0.15, 0.2) is 59.4 Å². The zero-order valence-corrected chi connectivity index (χ0v) is 16.2. The SMILES string of the molecule is CSCC[C@H](NC(=O)c1cc(=O)[nH]c2ccccc12)c1nc2ccccc2[nH]1. The second-order valence-electron chi connectivity index (χ2n) is 6.54. The number of nitrogens with one attached hydrogen (secondary N) is 3. The first-order valence-corrected chi connectivity index (χ1v) is 10.4. The van der Waals surface area contributed by atoms with Gasteiger partial charge in [-0.15, -0.1) is 0 Å². The van der Waals surface area contributed by atoms with E-state index in [1.165, 1.54) is 6.07 Å². The van der Waals surface area contributed by atoms with Crippen LogP contribution in [-0.4, -0.2) is 32.9 Å². The van der Waals surface area contributed by atoms with Crippen LogP contribution in [0.25, 0.3) is 21.9 Å². The van der Waals surface area contributed by atoms with Gasteiger partial charge in [0.15, 0.2) is 0 Å². The lowest BCUT2D eigenvalue weighted by Crippen LogP contribution is -2.30. The van der Waals surface area contributed by atoms with Gasteiger partial charge in [-0.3, -0.25) is 9.59 Å². The molecule has 2 aromatic carbocycles. The summed E-state index contributed by atoms with van der Waals surface area (Å²) in [6, 6.07) is 16.2. The number of fused-ring (bicyclic) bond motifs is 2. The highest BCUT2D eigenvalue weighted by atomic mass is 32.2. The summed E-state index contributed by atoms with van der Waals surface area (Å²) in [4.78, 5) is 35.8. The maximum atomic E-state index is 13.1. The molecule has 7 heteroatoms. The number of aromatic nitrogens is 3. The average Bonchev–Trinajstić information content (AvgIpc) is 3.14. The minimum atomic E-state index is -0.298. The molecule has 0 spiro atoms. The van der Waals surface area contributed by atoms with E-state index < -0.39 is 0 Å². The molecule has 6 nitrogen and oxygen atoms in total. The quantitative estimate of drug-likeness (QED) is 0.467. The molecule has 0 saturated heterocycles. The van der Waals surface area contributed by atoms with Crippen molar-refractivity contribution in [3.05, 3.63) is 76.3 Å². The zero-order valence-electron chi connectivity index (χ0n) is 15.4. The molecule has 1 amide bonds. The number of carbonyl (C=O) groups excluding carboxylic acids is 1. The van der Waals surface area contributed by atoms with Crippen LogP contribution in [0.4, 0.5) is 0 Å². The van der Waals surface area contributed by atoms with Crippen LogP contribution >= 0.6 is 11.8 Å². The molecule has 0 fully saturated rings. The van der Waals surface area contributed by atoms with Gasteiger partial charge in [0, 0.05) is 17.0 Å². The van der Waals surface area contributed by atoms with Crippen LogP contribution < -0.4 is 10.9 Å². The van der Waals surface area contributed by atoms with Crippen molar-refractivity contribution in [3.8, 4) is 0 Å². The molecule has 0 bridgehead atoms. The minimum Gasteiger partial charge on any atom is -0.342 e. The molecular weight excluding hydrogens is 372 g/mol. The summed E-state index contributed by atoms with van der Waals surface area (Å²) in [5.41, 5.74) is 2.51. The van der Waals surface area contributed by atoms with E-state index in [1.807, 2.05) is 48.7 Å². The lowest BCUT2D eigenvalue weighted by molar-refractivity contribution is 0.0935. The summed E-state index contributed by atoms with van der Waals surface area (Å²) in [6.45, 7) is 0. The molecule has 4 aromatic rings. The molecule has 0 aliphatic rings. The Kier molecular flexibility index (Phi) is 5.16. The van der Waals surface area contributed by atoms with Gasteiger partial charge < -0.3 is 15.3 Å². The molecule has 0 radical (unpaired) electrons. The zero-order chi connectivity index (χ0) is 19.5. The van der Waals surface area contributed by atoms with Crippen LogP contribution in [0.2, 0.25) is 0 Å². The molecule has 142 valence electrons. The monoisotopic (exact) mass is 392 g/mol. The van der Waals surface area contributed by atoms with Gasteiger partial charge in [0.05, 0.1) is 22.6 Å². The Bertz CT molecular complexity index is 1160. The van der Waals surface area contributed by atoms with E-state index in [1.54, 1.807) is 17.8 Å². The van der Waals surface area contributed by atoms with Crippen LogP contribution in [0.1, 0.15) is 28.6 Å². The number of pyridine rings is 1. The topological polar surface area (TPSA) is 90.6 Å². The lowest BCUT2D eigenvalue weighted by Gasteiger charge is -2.17. The largest absolute Gasteiger partial charge is 0.342 e. The van der Waals surface area contributed by atoms with Gasteiger partial charge in [-0.2, -0.15) is 11.8 Å². The highest BCUT2D eigenvalue weighted by Gasteiger charge is 2.20. The fraction of sp³-hybridized carbons (Fsp3) is 0.190. The Morgan fingerprint density at radius 3 is 2.64 bits per heavy atom. The molecule has 3 N–H and O–H groups in total. The number of hydrogen-bond donors (Lipinski definition) is 3. The van der Waals surface area contributed by atoms with Gasteiger partial charge in [0.2, 0.25) is 5.56 Å². The van der Waals surface area contributed by atoms with Crippen molar-refractivity contribution in [1.29, 1.82) is 0 Å². The second kappa shape index (κ2) is 7.90. The van der Waals surface area contributed by atoms with Gasteiger partial charge >= 0.3 is 0 Å². The van der Waals surface area contributed by atoms with E-state index in [-0.39, 0.29) is 17.5 Å². The number of thioether (sulfide) groups is 1. The summed E-state index contributed by atoms with van der Waals surface area (Å²) in [6.07, 6.45) is 2.76. The number of carbonyl (C=O) groups is 1. The summed E-state index contributed by atoms with van der Waals surface area (Å²) in [7, 11) is 0. The molecule has 4 rings (SSSR count). The van der Waals surface area contributed by atoms with Crippen LogP contribution in [0, 0.1) is 0 Å². The van der Waals surface area contributed by atoms with Crippen LogP contribution in [0.5, 0.6) is 0 Å². The van der Waals surface area contributed by atoms with Crippen LogP contribution in [0.3, 0.4) is 0 Å². The maximum absolute atomic E-state index is 13.1. The number of benzene rings is 2. The molecular formula is C21H20N4O2S. The number of para-hydroxylation sites is 3. The summed E-state index contributed by atoms with van der Waals surface area (Å²) >= 11 is 1.71. The molecule has 1 atom stereocenters. The van der Waals surface area contributed by atoms with Crippen molar-refractivity contribution in [2.24, 2.45) is 0 Å². The molecule has 0 unspecified atom stereocenters. The fourth-order valence-electron chi connectivity index (χ4n) is 3.28. The van der Waals surface area contributed by atoms with Gasteiger partial charge in [-0.1, -0.05) is 30.3 Å². The van der Waals surface area contributed by atoms with E-state index in [0.717, 1.165) is 29.0 Å². The highest BCUT2D eigenvalue weighted by molar-refractivity contribution is 7.98. The van der Waals surface area contributed by atoms with E-state index in [4.69, 9.17) is 0 Å². The van der Waals surface area contributed by atoms with Gasteiger partial charge in [-0.05, 0) is 36.6 Å². The minimum absolute atomic E-state index is 0.273. The first kappa shape index (κ1) is 18.3. The van der Waals surface area contributed by atoms with Gasteiger partial charge in [-0.25, -0.2) is 4.98 Å². The number of nitrogens with zero attached hydrogens (tertiary/aromatic N) is 1. The third-order valence-corrected chi connectivity index (χ3v) is 5.29. The van der Waals surface area contributed by atoms with Gasteiger partial charge in [0.1, 0.15) is 5.82 Å². The third kappa shape index (κ3) is 3.66. The van der Waals surface area contributed by atoms with Gasteiger partial charge in [0.25, 0.3) is 5.91 Å². The predicted octanol–water partition coefficient (Wildman–Crippen LogP) is 3.63. The number of rotatable bonds is 6. The average molecular weight is 392 g/mol. The maximum Gasteiger partial charge on any atom is 0.252 e. The standard InChI is InChI=1S/C21H20N4O2S/c1-28-11-10-18(20-23-16-8-4-5-9-17(16)24-20)25-21(27)14-12-19(26)22-15-7-3-2-6-13(14)15/h2-9,12,18H,10-11H2,1H3,(H,22,26)(H,23,24)(H,25,27)/t18-/m0/s1. The first-order chi connectivity index (χ1) is 13.7.